The molecule has 0 spiro atoms. The van der Waals surface area contributed by atoms with Crippen LogP contribution in [0.1, 0.15) is 58.8 Å². The Kier molecular flexibility index (Phi) is 7.87. The van der Waals surface area contributed by atoms with Gasteiger partial charge in [-0.05, 0) is 32.4 Å². The zero-order valence-electron chi connectivity index (χ0n) is 9.05. The molecule has 0 saturated carbocycles. The monoisotopic (exact) mass is 204 g/mol. The molecule has 0 aliphatic rings. The topological polar surface area (TPSA) is 20.2 Å². The molecule has 2 heteroatoms. The Morgan fingerprint density at radius 3 is 1.85 bits per heavy atom. The van der Waals surface area contributed by atoms with Crippen LogP contribution in [-0.4, -0.2) is 16.5 Å². The molecule has 0 aliphatic carbocycles. The number of rotatable bonds is 8. The van der Waals surface area contributed by atoms with Crippen molar-refractivity contribution in [1.82, 2.24) is 0 Å². The summed E-state index contributed by atoms with van der Waals surface area (Å²) >= 11 is 4.17. The van der Waals surface area contributed by atoms with E-state index in [1.54, 1.807) is 0 Å². The van der Waals surface area contributed by atoms with Crippen molar-refractivity contribution in [2.75, 3.05) is 5.75 Å². The largest absolute Gasteiger partial charge is 0.390 e. The Bertz CT molecular complexity index is 107. The van der Waals surface area contributed by atoms with Crippen LogP contribution in [0.2, 0.25) is 0 Å². The number of aliphatic hydroxyl groups is 1. The minimum absolute atomic E-state index is 0.467. The molecule has 0 unspecified atom stereocenters. The van der Waals surface area contributed by atoms with Crippen LogP contribution >= 0.6 is 12.6 Å². The molecule has 0 aromatic rings. The maximum absolute atomic E-state index is 9.45. The number of unbranched alkanes of at least 4 members (excludes halogenated alkanes) is 5. The molecule has 0 radical (unpaired) electrons. The van der Waals surface area contributed by atoms with Gasteiger partial charge in [0.15, 0.2) is 0 Å². The normalized spacial score (nSPS) is 12.0. The van der Waals surface area contributed by atoms with Crippen molar-refractivity contribution >= 4 is 12.6 Å². The number of hydrogen-bond donors (Lipinski definition) is 2. The fraction of sp³-hybridized carbons (Fsp3) is 1.00. The van der Waals surface area contributed by atoms with E-state index in [1.807, 2.05) is 13.8 Å². The molecule has 0 bridgehead atoms. The zero-order valence-corrected chi connectivity index (χ0v) is 9.95. The van der Waals surface area contributed by atoms with Crippen LogP contribution in [0.25, 0.3) is 0 Å². The van der Waals surface area contributed by atoms with E-state index in [9.17, 15) is 5.11 Å². The van der Waals surface area contributed by atoms with Crippen LogP contribution in [-0.2, 0) is 0 Å². The first-order chi connectivity index (χ1) is 6.06. The van der Waals surface area contributed by atoms with Crippen LogP contribution in [0.5, 0.6) is 0 Å². The van der Waals surface area contributed by atoms with Crippen molar-refractivity contribution in [1.29, 1.82) is 0 Å². The Labute approximate surface area is 88.3 Å². The van der Waals surface area contributed by atoms with E-state index >= 15 is 0 Å². The summed E-state index contributed by atoms with van der Waals surface area (Å²) in [6, 6.07) is 0. The lowest BCUT2D eigenvalue weighted by molar-refractivity contribution is 0.0680. The third kappa shape index (κ3) is 12.3. The van der Waals surface area contributed by atoms with Crippen molar-refractivity contribution < 1.29 is 5.11 Å². The molecule has 0 rings (SSSR count). The molecular weight excluding hydrogens is 180 g/mol. The summed E-state index contributed by atoms with van der Waals surface area (Å²) in [5.74, 6) is 1.02. The highest BCUT2D eigenvalue weighted by atomic mass is 32.1. The van der Waals surface area contributed by atoms with E-state index in [4.69, 9.17) is 0 Å². The molecule has 0 amide bonds. The van der Waals surface area contributed by atoms with Crippen molar-refractivity contribution in [3.05, 3.63) is 0 Å². The summed E-state index contributed by atoms with van der Waals surface area (Å²) < 4.78 is 0. The molecule has 0 aromatic heterocycles. The van der Waals surface area contributed by atoms with Gasteiger partial charge in [0.05, 0.1) is 5.60 Å². The Morgan fingerprint density at radius 2 is 1.38 bits per heavy atom. The van der Waals surface area contributed by atoms with Crippen molar-refractivity contribution in [3.8, 4) is 0 Å². The van der Waals surface area contributed by atoms with E-state index in [-0.39, 0.29) is 0 Å². The molecule has 0 heterocycles. The Morgan fingerprint density at radius 1 is 0.923 bits per heavy atom. The van der Waals surface area contributed by atoms with Crippen LogP contribution in [0, 0.1) is 0 Å². The van der Waals surface area contributed by atoms with Gasteiger partial charge in [0.25, 0.3) is 0 Å². The summed E-state index contributed by atoms with van der Waals surface area (Å²) in [6.07, 6.45) is 8.54. The van der Waals surface area contributed by atoms with Gasteiger partial charge in [-0.15, -0.1) is 0 Å². The molecule has 1 N–H and O–H groups in total. The summed E-state index contributed by atoms with van der Waals surface area (Å²) in [5.41, 5.74) is -0.467. The molecule has 80 valence electrons. The first kappa shape index (κ1) is 13.3. The standard InChI is InChI=1S/C11H24OS/c1-11(2,12)9-7-5-3-4-6-8-10-13/h12-13H,3-10H2,1-2H3. The van der Waals surface area contributed by atoms with Gasteiger partial charge in [-0.3, -0.25) is 0 Å². The van der Waals surface area contributed by atoms with E-state index in [2.05, 4.69) is 12.6 Å². The molecular formula is C11H24OS. The van der Waals surface area contributed by atoms with Gasteiger partial charge < -0.3 is 5.11 Å². The second kappa shape index (κ2) is 7.69. The Hall–Kier alpha value is 0.310. The predicted molar refractivity (Wildman–Crippen MR) is 62.5 cm³/mol. The number of thiol groups is 1. The van der Waals surface area contributed by atoms with Gasteiger partial charge in [0.1, 0.15) is 0 Å². The molecule has 0 aromatic carbocycles. The lowest BCUT2D eigenvalue weighted by atomic mass is 10.00. The van der Waals surface area contributed by atoms with Crippen LogP contribution < -0.4 is 0 Å². The third-order valence-electron chi connectivity index (χ3n) is 2.20. The quantitative estimate of drug-likeness (QED) is 0.458. The number of hydrogen-bond acceptors (Lipinski definition) is 2. The maximum Gasteiger partial charge on any atom is 0.0591 e. The van der Waals surface area contributed by atoms with Crippen molar-refractivity contribution in [2.24, 2.45) is 0 Å². The van der Waals surface area contributed by atoms with Crippen LogP contribution in [0.3, 0.4) is 0 Å². The summed E-state index contributed by atoms with van der Waals surface area (Å²) in [7, 11) is 0. The molecule has 0 fully saturated rings. The second-order valence-electron chi connectivity index (χ2n) is 4.41. The highest BCUT2D eigenvalue weighted by molar-refractivity contribution is 7.80. The van der Waals surface area contributed by atoms with Gasteiger partial charge in [-0.25, -0.2) is 0 Å². The average Bonchev–Trinajstić information content (AvgIpc) is 2.01. The second-order valence-corrected chi connectivity index (χ2v) is 4.85. The third-order valence-corrected chi connectivity index (χ3v) is 2.51. The van der Waals surface area contributed by atoms with Gasteiger partial charge in [0, 0.05) is 0 Å². The first-order valence-electron chi connectivity index (χ1n) is 5.39. The van der Waals surface area contributed by atoms with Crippen LogP contribution in [0.4, 0.5) is 0 Å². The maximum atomic E-state index is 9.45. The lowest BCUT2D eigenvalue weighted by Gasteiger charge is -2.16. The van der Waals surface area contributed by atoms with E-state index in [1.165, 1.54) is 32.1 Å². The smallest absolute Gasteiger partial charge is 0.0591 e. The average molecular weight is 204 g/mol. The molecule has 13 heavy (non-hydrogen) atoms. The van der Waals surface area contributed by atoms with Gasteiger partial charge in [0.2, 0.25) is 0 Å². The molecule has 0 aliphatic heterocycles. The van der Waals surface area contributed by atoms with E-state index in [0.717, 1.165) is 18.6 Å². The van der Waals surface area contributed by atoms with Gasteiger partial charge >= 0.3 is 0 Å². The SMILES string of the molecule is CC(C)(O)CCCCCCCCS. The fourth-order valence-electron chi connectivity index (χ4n) is 1.38. The minimum Gasteiger partial charge on any atom is -0.390 e. The lowest BCUT2D eigenvalue weighted by Crippen LogP contribution is -2.17. The first-order valence-corrected chi connectivity index (χ1v) is 6.03. The molecule has 1 nitrogen and oxygen atoms in total. The summed E-state index contributed by atoms with van der Waals surface area (Å²) in [6.45, 7) is 3.77. The predicted octanol–water partition coefficient (Wildman–Crippen LogP) is 3.42. The highest BCUT2D eigenvalue weighted by Crippen LogP contribution is 2.14. The molecule has 0 atom stereocenters. The van der Waals surface area contributed by atoms with Crippen molar-refractivity contribution in [2.45, 2.75) is 64.4 Å². The van der Waals surface area contributed by atoms with Gasteiger partial charge in [-0.2, -0.15) is 12.6 Å². The van der Waals surface area contributed by atoms with Crippen LogP contribution in [0.15, 0.2) is 0 Å². The summed E-state index contributed by atoms with van der Waals surface area (Å²) in [5, 5.41) is 9.45. The van der Waals surface area contributed by atoms with Crippen molar-refractivity contribution in [3.63, 3.8) is 0 Å². The Balaban J connectivity index is 3.00. The van der Waals surface area contributed by atoms with E-state index < -0.39 is 5.60 Å². The zero-order chi connectivity index (χ0) is 10.2. The minimum atomic E-state index is -0.467. The van der Waals surface area contributed by atoms with E-state index in [0.29, 0.717) is 0 Å². The molecule has 0 saturated heterocycles. The summed E-state index contributed by atoms with van der Waals surface area (Å²) in [4.78, 5) is 0. The highest BCUT2D eigenvalue weighted by Gasteiger charge is 2.10. The van der Waals surface area contributed by atoms with Gasteiger partial charge in [-0.1, -0.05) is 32.1 Å². The fourth-order valence-corrected chi connectivity index (χ4v) is 1.60.